The van der Waals surface area contributed by atoms with Crippen LogP contribution in [0.1, 0.15) is 42.1 Å². The number of carbonyl (C=O) groups is 1. The van der Waals surface area contributed by atoms with Gasteiger partial charge in [-0.3, -0.25) is 23.6 Å². The molecular weight excluding hydrogens is 734 g/mol. The van der Waals surface area contributed by atoms with Crippen LogP contribution < -0.4 is 26.6 Å². The summed E-state index contributed by atoms with van der Waals surface area (Å²) in [5.74, 6) is 0.192. The Morgan fingerprint density at radius 2 is 1.64 bits per heavy atom. The van der Waals surface area contributed by atoms with Crippen LogP contribution in [0.5, 0.6) is 5.88 Å². The van der Waals surface area contributed by atoms with Crippen molar-refractivity contribution in [1.82, 2.24) is 29.3 Å². The summed E-state index contributed by atoms with van der Waals surface area (Å²) in [6, 6.07) is 13.1. The number of fused-ring (bicyclic) bond motifs is 2. The van der Waals surface area contributed by atoms with Gasteiger partial charge in [-0.05, 0) is 43.0 Å². The number of methoxy groups -OCH3 is 1. The van der Waals surface area contributed by atoms with Gasteiger partial charge in [0.1, 0.15) is 16.9 Å². The first-order valence-electron chi connectivity index (χ1n) is 16.9. The van der Waals surface area contributed by atoms with Crippen molar-refractivity contribution in [3.05, 3.63) is 96.2 Å². The van der Waals surface area contributed by atoms with E-state index in [0.717, 1.165) is 52.6 Å². The number of aromatic nitrogens is 4. The predicted octanol–water partition coefficient (Wildman–Crippen LogP) is 6.39. The van der Waals surface area contributed by atoms with E-state index in [4.69, 9.17) is 32.9 Å². The quantitative estimate of drug-likeness (QED) is 0.204. The lowest BCUT2D eigenvalue weighted by Gasteiger charge is -2.50. The van der Waals surface area contributed by atoms with Crippen LogP contribution >= 0.6 is 23.2 Å². The number of alkyl halides is 3. The van der Waals surface area contributed by atoms with Crippen LogP contribution in [0.3, 0.4) is 0 Å². The molecule has 1 aliphatic carbocycles. The number of rotatable bonds is 6. The SMILES string of the molecule is COc1nc(-c2cccc(-c3cccc(Nc4nc(C(F)(F)F)cc5c4c(=O)n(C)c(=O)n5C)c3Cl)c2Cl)cc2c1[C@H](N1CC3(CCC(=O)N3)C1)CC2. The minimum absolute atomic E-state index is 0.103. The Labute approximate surface area is 310 Å². The Morgan fingerprint density at radius 3 is 2.32 bits per heavy atom. The number of aryl methyl sites for hydroxylation is 2. The Morgan fingerprint density at radius 1 is 0.943 bits per heavy atom. The zero-order valence-corrected chi connectivity index (χ0v) is 30.2. The molecule has 1 spiro atoms. The van der Waals surface area contributed by atoms with E-state index in [1.807, 2.05) is 12.1 Å². The van der Waals surface area contributed by atoms with E-state index in [2.05, 4.69) is 20.5 Å². The number of hydrogen-bond donors (Lipinski definition) is 2. The molecule has 3 aliphatic rings. The van der Waals surface area contributed by atoms with Gasteiger partial charge in [0.2, 0.25) is 11.8 Å². The fraction of sp³-hybridized carbons (Fsp3) is 0.324. The third-order valence-electron chi connectivity index (χ3n) is 10.6. The van der Waals surface area contributed by atoms with Crippen molar-refractivity contribution in [3.8, 4) is 28.3 Å². The summed E-state index contributed by atoms with van der Waals surface area (Å²) >= 11 is 14.0. The number of carbonyl (C=O) groups excluding carboxylic acids is 1. The zero-order valence-electron chi connectivity index (χ0n) is 28.7. The van der Waals surface area contributed by atoms with Crippen molar-refractivity contribution in [2.24, 2.45) is 14.1 Å². The smallest absolute Gasteiger partial charge is 0.433 e. The Kier molecular flexibility index (Phi) is 8.35. The van der Waals surface area contributed by atoms with E-state index >= 15 is 0 Å². The molecule has 0 bridgehead atoms. The van der Waals surface area contributed by atoms with E-state index in [0.29, 0.717) is 45.8 Å². The maximum Gasteiger partial charge on any atom is 0.433 e. The Hall–Kier alpha value is -4.92. The average Bonchev–Trinajstić information content (AvgIpc) is 3.73. The van der Waals surface area contributed by atoms with Crippen molar-refractivity contribution < 1.29 is 22.7 Å². The first-order chi connectivity index (χ1) is 25.2. The van der Waals surface area contributed by atoms with E-state index in [1.54, 1.807) is 31.4 Å². The van der Waals surface area contributed by atoms with Gasteiger partial charge >= 0.3 is 11.9 Å². The predicted molar refractivity (Wildman–Crippen MR) is 195 cm³/mol. The van der Waals surface area contributed by atoms with Crippen molar-refractivity contribution in [2.75, 3.05) is 25.5 Å². The first kappa shape index (κ1) is 35.1. The second-order valence-corrected chi connectivity index (χ2v) is 14.5. The van der Waals surface area contributed by atoms with Gasteiger partial charge in [-0.1, -0.05) is 53.5 Å². The summed E-state index contributed by atoms with van der Waals surface area (Å²) in [7, 11) is 4.10. The van der Waals surface area contributed by atoms with Gasteiger partial charge in [0.05, 0.1) is 39.6 Å². The monoisotopic (exact) mass is 765 g/mol. The highest BCUT2D eigenvalue weighted by molar-refractivity contribution is 6.39. The molecule has 2 fully saturated rings. The molecule has 11 nitrogen and oxygen atoms in total. The summed E-state index contributed by atoms with van der Waals surface area (Å²) in [4.78, 5) is 48.7. The van der Waals surface area contributed by atoms with Gasteiger partial charge < -0.3 is 15.4 Å². The summed E-state index contributed by atoms with van der Waals surface area (Å²) in [6.07, 6.45) is -1.77. The van der Waals surface area contributed by atoms with E-state index in [9.17, 15) is 27.6 Å². The van der Waals surface area contributed by atoms with E-state index in [1.165, 1.54) is 20.2 Å². The highest BCUT2D eigenvalue weighted by Gasteiger charge is 2.51. The second kappa shape index (κ2) is 12.6. The number of benzene rings is 2. The van der Waals surface area contributed by atoms with Crippen LogP contribution in [0.2, 0.25) is 10.0 Å². The lowest BCUT2D eigenvalue weighted by Crippen LogP contribution is -2.67. The van der Waals surface area contributed by atoms with Crippen LogP contribution in [0.4, 0.5) is 24.7 Å². The third-order valence-corrected chi connectivity index (χ3v) is 11.4. The molecule has 1 amide bonds. The normalized spacial score (nSPS) is 18.0. The number of pyridine rings is 2. The molecule has 1 atom stereocenters. The maximum atomic E-state index is 14.0. The molecule has 274 valence electrons. The van der Waals surface area contributed by atoms with Gasteiger partial charge in [0.15, 0.2) is 0 Å². The maximum absolute atomic E-state index is 14.0. The highest BCUT2D eigenvalue weighted by Crippen LogP contribution is 2.48. The summed E-state index contributed by atoms with van der Waals surface area (Å²) in [6.45, 7) is 1.57. The molecule has 0 radical (unpaired) electrons. The fourth-order valence-electron chi connectivity index (χ4n) is 7.93. The molecule has 2 N–H and O–H groups in total. The van der Waals surface area contributed by atoms with Gasteiger partial charge in [0, 0.05) is 61.9 Å². The molecule has 53 heavy (non-hydrogen) atoms. The van der Waals surface area contributed by atoms with Crippen LogP contribution in [0, 0.1) is 0 Å². The number of likely N-dealkylation sites (tertiary alicyclic amines) is 1. The van der Waals surface area contributed by atoms with Crippen molar-refractivity contribution in [2.45, 2.75) is 43.4 Å². The minimum Gasteiger partial charge on any atom is -0.481 e. The molecule has 0 saturated carbocycles. The molecule has 16 heteroatoms. The molecule has 5 aromatic rings. The van der Waals surface area contributed by atoms with Gasteiger partial charge in [0.25, 0.3) is 5.56 Å². The van der Waals surface area contributed by atoms with E-state index < -0.39 is 28.9 Å². The number of halogens is 5. The first-order valence-corrected chi connectivity index (χ1v) is 17.6. The third kappa shape index (κ3) is 5.74. The number of ether oxygens (including phenoxy) is 1. The van der Waals surface area contributed by atoms with Crippen molar-refractivity contribution in [3.63, 3.8) is 0 Å². The number of amides is 1. The number of hydrogen-bond acceptors (Lipinski definition) is 8. The van der Waals surface area contributed by atoms with Crippen LogP contribution in [-0.4, -0.2) is 55.6 Å². The number of nitrogens with zero attached hydrogens (tertiary/aromatic N) is 5. The zero-order chi connectivity index (χ0) is 37.6. The summed E-state index contributed by atoms with van der Waals surface area (Å²) in [5.41, 5.74) is 1.21. The minimum atomic E-state index is -4.87. The highest BCUT2D eigenvalue weighted by atomic mass is 35.5. The topological polar surface area (TPSA) is 123 Å². The number of anilines is 2. The molecule has 2 aromatic carbocycles. The molecule has 5 heterocycles. The lowest BCUT2D eigenvalue weighted by molar-refractivity contribution is -0.141. The van der Waals surface area contributed by atoms with Crippen LogP contribution in [0.15, 0.2) is 58.1 Å². The molecule has 2 saturated heterocycles. The second-order valence-electron chi connectivity index (χ2n) is 13.8. The Bertz CT molecular complexity index is 2490. The number of nitrogens with one attached hydrogen (secondary N) is 2. The molecule has 2 aliphatic heterocycles. The Balaban J connectivity index is 1.15. The molecular formula is C37H32Cl2F3N7O4. The summed E-state index contributed by atoms with van der Waals surface area (Å²) in [5, 5.41) is 6.20. The van der Waals surface area contributed by atoms with Crippen molar-refractivity contribution >= 4 is 51.5 Å². The average molecular weight is 767 g/mol. The molecule has 3 aromatic heterocycles. The van der Waals surface area contributed by atoms with Gasteiger partial charge in [-0.25, -0.2) is 14.8 Å². The molecule has 8 rings (SSSR count). The van der Waals surface area contributed by atoms with Crippen molar-refractivity contribution in [1.29, 1.82) is 0 Å². The fourth-order valence-corrected chi connectivity index (χ4v) is 8.53. The van der Waals surface area contributed by atoms with Crippen LogP contribution in [-0.2, 0) is 31.5 Å². The largest absolute Gasteiger partial charge is 0.481 e. The molecule has 0 unspecified atom stereocenters. The van der Waals surface area contributed by atoms with Gasteiger partial charge in [-0.15, -0.1) is 0 Å². The van der Waals surface area contributed by atoms with Crippen LogP contribution in [0.25, 0.3) is 33.3 Å². The lowest BCUT2D eigenvalue weighted by atomic mass is 9.86. The standard InChI is InChI=1S/C37H32Cl2F3N7O4/c1-47-25-15-26(37(40,41)42)45-32(29(25)34(51)48(2)35(47)52)43-22-9-5-7-20(31(22)39)19-6-4-8-21(30(19)38)23-14-18-10-11-24(28(18)33(44-23)53-3)49-16-36(17-49)13-12-27(50)46-36/h4-9,14-15,24H,10-13,16-17H2,1-3H3,(H,43,45)(H,46,50)/t24-/m1/s1. The summed E-state index contributed by atoms with van der Waals surface area (Å²) < 4.78 is 49.5. The van der Waals surface area contributed by atoms with Gasteiger partial charge in [-0.2, -0.15) is 13.2 Å². The van der Waals surface area contributed by atoms with E-state index in [-0.39, 0.29) is 39.1 Å².